The van der Waals surface area contributed by atoms with Crippen molar-refractivity contribution in [1.29, 1.82) is 0 Å². The standard InChI is InChI=1S/C11H13BrN2O2/c12-9-3-2-8(10(6-9)14(15)16)7-11(13)4-1-5-11/h2-3,6H,1,4-5,7,13H2. The van der Waals surface area contributed by atoms with Gasteiger partial charge in [0.15, 0.2) is 0 Å². The molecule has 4 nitrogen and oxygen atoms in total. The van der Waals surface area contributed by atoms with Crippen molar-refractivity contribution in [3.63, 3.8) is 0 Å². The highest BCUT2D eigenvalue weighted by atomic mass is 79.9. The Labute approximate surface area is 102 Å². The van der Waals surface area contributed by atoms with Crippen LogP contribution < -0.4 is 5.73 Å². The van der Waals surface area contributed by atoms with Gasteiger partial charge in [-0.1, -0.05) is 22.0 Å². The zero-order chi connectivity index (χ0) is 11.8. The molecule has 0 spiro atoms. The van der Waals surface area contributed by atoms with Crippen LogP contribution in [0.2, 0.25) is 0 Å². The molecule has 0 atom stereocenters. The molecule has 0 aliphatic heterocycles. The first-order valence-electron chi connectivity index (χ1n) is 5.22. The lowest BCUT2D eigenvalue weighted by atomic mass is 9.73. The summed E-state index contributed by atoms with van der Waals surface area (Å²) in [6.45, 7) is 0. The summed E-state index contributed by atoms with van der Waals surface area (Å²) in [4.78, 5) is 10.6. The van der Waals surface area contributed by atoms with Crippen molar-refractivity contribution in [3.8, 4) is 0 Å². The van der Waals surface area contributed by atoms with E-state index in [1.165, 1.54) is 6.07 Å². The topological polar surface area (TPSA) is 69.2 Å². The van der Waals surface area contributed by atoms with Crippen LogP contribution >= 0.6 is 15.9 Å². The number of nitro benzene ring substituents is 1. The summed E-state index contributed by atoms with van der Waals surface area (Å²) in [7, 11) is 0. The molecule has 1 aromatic rings. The molecule has 0 bridgehead atoms. The molecule has 1 aliphatic carbocycles. The molecule has 16 heavy (non-hydrogen) atoms. The zero-order valence-electron chi connectivity index (χ0n) is 8.78. The van der Waals surface area contributed by atoms with E-state index in [0.29, 0.717) is 6.42 Å². The van der Waals surface area contributed by atoms with Gasteiger partial charge < -0.3 is 5.73 Å². The molecule has 0 aromatic heterocycles. The van der Waals surface area contributed by atoms with Gasteiger partial charge in [0.25, 0.3) is 5.69 Å². The van der Waals surface area contributed by atoms with Crippen molar-refractivity contribution in [2.45, 2.75) is 31.2 Å². The molecule has 2 N–H and O–H groups in total. The highest BCUT2D eigenvalue weighted by Gasteiger charge is 2.34. The van der Waals surface area contributed by atoms with Crippen LogP contribution in [0.1, 0.15) is 24.8 Å². The molecule has 5 heteroatoms. The molecule has 1 aliphatic rings. The molecule has 0 radical (unpaired) electrons. The van der Waals surface area contributed by atoms with Gasteiger partial charge in [-0.25, -0.2) is 0 Å². The van der Waals surface area contributed by atoms with Gasteiger partial charge in [0.1, 0.15) is 0 Å². The molecule has 0 unspecified atom stereocenters. The Bertz CT molecular complexity index is 430. The Morgan fingerprint density at radius 2 is 2.19 bits per heavy atom. The highest BCUT2D eigenvalue weighted by molar-refractivity contribution is 9.10. The van der Waals surface area contributed by atoms with Gasteiger partial charge in [-0.2, -0.15) is 0 Å². The Hall–Kier alpha value is -0.940. The number of hydrogen-bond donors (Lipinski definition) is 1. The largest absolute Gasteiger partial charge is 0.325 e. The molecule has 1 fully saturated rings. The summed E-state index contributed by atoms with van der Waals surface area (Å²) in [5.41, 5.74) is 6.77. The minimum absolute atomic E-state index is 0.158. The number of rotatable bonds is 3. The first-order valence-corrected chi connectivity index (χ1v) is 6.01. The minimum atomic E-state index is -0.345. The smallest absolute Gasteiger partial charge is 0.273 e. The van der Waals surface area contributed by atoms with E-state index < -0.39 is 0 Å². The average Bonchev–Trinajstić information content (AvgIpc) is 2.18. The number of nitrogens with zero attached hydrogens (tertiary/aromatic N) is 1. The van der Waals surface area contributed by atoms with E-state index in [-0.39, 0.29) is 16.1 Å². The first-order chi connectivity index (χ1) is 7.50. The second kappa shape index (κ2) is 4.14. The second-order valence-corrected chi connectivity index (χ2v) is 5.34. The zero-order valence-corrected chi connectivity index (χ0v) is 10.4. The van der Waals surface area contributed by atoms with E-state index >= 15 is 0 Å². The maximum absolute atomic E-state index is 10.9. The third kappa shape index (κ3) is 2.25. The van der Waals surface area contributed by atoms with Crippen LogP contribution in [0.3, 0.4) is 0 Å². The van der Waals surface area contributed by atoms with Gasteiger partial charge in [-0.3, -0.25) is 10.1 Å². The van der Waals surface area contributed by atoms with Crippen molar-refractivity contribution in [3.05, 3.63) is 38.3 Å². The summed E-state index contributed by atoms with van der Waals surface area (Å²) in [6.07, 6.45) is 3.64. The van der Waals surface area contributed by atoms with Gasteiger partial charge >= 0.3 is 0 Å². The maximum atomic E-state index is 10.9. The molecule has 0 amide bonds. The number of benzene rings is 1. The monoisotopic (exact) mass is 284 g/mol. The summed E-state index contributed by atoms with van der Waals surface area (Å²) < 4.78 is 0.725. The molecule has 0 saturated heterocycles. The van der Waals surface area contributed by atoms with Crippen molar-refractivity contribution in [1.82, 2.24) is 0 Å². The van der Waals surface area contributed by atoms with Crippen LogP contribution in [0.5, 0.6) is 0 Å². The van der Waals surface area contributed by atoms with E-state index in [9.17, 15) is 10.1 Å². The van der Waals surface area contributed by atoms with Crippen LogP contribution in [-0.2, 0) is 6.42 Å². The summed E-state index contributed by atoms with van der Waals surface area (Å²) in [5.74, 6) is 0. The van der Waals surface area contributed by atoms with E-state index in [1.807, 2.05) is 6.07 Å². The fraction of sp³-hybridized carbons (Fsp3) is 0.455. The van der Waals surface area contributed by atoms with Crippen molar-refractivity contribution < 1.29 is 4.92 Å². The lowest BCUT2D eigenvalue weighted by Crippen LogP contribution is -2.48. The average molecular weight is 285 g/mol. The van der Waals surface area contributed by atoms with Crippen LogP contribution in [0, 0.1) is 10.1 Å². The van der Waals surface area contributed by atoms with E-state index in [4.69, 9.17) is 5.73 Å². The summed E-state index contributed by atoms with van der Waals surface area (Å²) in [6, 6.07) is 5.15. The lowest BCUT2D eigenvalue weighted by molar-refractivity contribution is -0.385. The van der Waals surface area contributed by atoms with Crippen molar-refractivity contribution in [2.75, 3.05) is 0 Å². The van der Waals surface area contributed by atoms with Crippen LogP contribution in [0.25, 0.3) is 0 Å². The molecular weight excluding hydrogens is 272 g/mol. The quantitative estimate of drug-likeness (QED) is 0.685. The van der Waals surface area contributed by atoms with Crippen molar-refractivity contribution >= 4 is 21.6 Å². The molecule has 1 aromatic carbocycles. The van der Waals surface area contributed by atoms with Gasteiger partial charge in [0.2, 0.25) is 0 Å². The fourth-order valence-corrected chi connectivity index (χ4v) is 2.39. The lowest BCUT2D eigenvalue weighted by Gasteiger charge is -2.38. The van der Waals surface area contributed by atoms with Gasteiger partial charge in [-0.05, 0) is 31.7 Å². The van der Waals surface area contributed by atoms with Crippen LogP contribution in [0.4, 0.5) is 5.69 Å². The predicted molar refractivity (Wildman–Crippen MR) is 65.3 cm³/mol. The predicted octanol–water partition coefficient (Wildman–Crippen LogP) is 2.78. The van der Waals surface area contributed by atoms with Crippen LogP contribution in [-0.4, -0.2) is 10.5 Å². The maximum Gasteiger partial charge on any atom is 0.273 e. The van der Waals surface area contributed by atoms with Crippen molar-refractivity contribution in [2.24, 2.45) is 5.73 Å². The third-order valence-electron chi connectivity index (χ3n) is 3.14. The summed E-state index contributed by atoms with van der Waals surface area (Å²) in [5, 5.41) is 10.9. The Morgan fingerprint density at radius 1 is 1.50 bits per heavy atom. The van der Waals surface area contributed by atoms with Gasteiger partial charge in [0, 0.05) is 21.6 Å². The minimum Gasteiger partial charge on any atom is -0.325 e. The fourth-order valence-electron chi connectivity index (χ4n) is 2.04. The molecule has 2 rings (SSSR count). The third-order valence-corrected chi connectivity index (χ3v) is 3.63. The first kappa shape index (κ1) is 11.5. The van der Waals surface area contributed by atoms with E-state index in [2.05, 4.69) is 15.9 Å². The number of nitrogens with two attached hydrogens (primary N) is 1. The van der Waals surface area contributed by atoms with Gasteiger partial charge in [-0.15, -0.1) is 0 Å². The normalized spacial score (nSPS) is 17.9. The van der Waals surface area contributed by atoms with E-state index in [0.717, 1.165) is 29.3 Å². The second-order valence-electron chi connectivity index (χ2n) is 4.42. The molecule has 0 heterocycles. The Morgan fingerprint density at radius 3 is 2.69 bits per heavy atom. The SMILES string of the molecule is NC1(Cc2ccc(Br)cc2[N+](=O)[O-])CCC1. The summed E-state index contributed by atoms with van der Waals surface area (Å²) >= 11 is 3.24. The van der Waals surface area contributed by atoms with Crippen LogP contribution in [0.15, 0.2) is 22.7 Å². The molecular formula is C11H13BrN2O2. The molecule has 1 saturated carbocycles. The van der Waals surface area contributed by atoms with E-state index in [1.54, 1.807) is 6.07 Å². The number of nitro groups is 1. The van der Waals surface area contributed by atoms with Gasteiger partial charge in [0.05, 0.1) is 4.92 Å². The number of halogens is 1. The Kier molecular flexibility index (Phi) is 2.99. The molecule has 86 valence electrons. The highest BCUT2D eigenvalue weighted by Crippen LogP contribution is 2.35. The number of hydrogen-bond acceptors (Lipinski definition) is 3. The Balaban J connectivity index is 2.29.